The third kappa shape index (κ3) is 6.30. The van der Waals surface area contributed by atoms with Gasteiger partial charge in [0, 0.05) is 13.0 Å². The highest BCUT2D eigenvalue weighted by Crippen LogP contribution is 2.33. The van der Waals surface area contributed by atoms with Crippen LogP contribution in [-0.2, 0) is 16.0 Å². The molecular formula is C18H25NO4. The monoisotopic (exact) mass is 319 g/mol. The van der Waals surface area contributed by atoms with E-state index in [1.165, 1.54) is 12.8 Å². The number of amides is 1. The average Bonchev–Trinajstić information content (AvgIpc) is 3.35. The number of carboxylic acids is 1. The van der Waals surface area contributed by atoms with E-state index in [0.29, 0.717) is 25.4 Å². The molecule has 1 amide bonds. The van der Waals surface area contributed by atoms with E-state index in [1.807, 2.05) is 31.2 Å². The highest BCUT2D eigenvalue weighted by Gasteiger charge is 2.23. The van der Waals surface area contributed by atoms with Crippen LogP contribution in [0.25, 0.3) is 0 Å². The molecule has 1 aliphatic rings. The Bertz CT molecular complexity index is 522. The number of carboxylic acid groups (broad SMARTS) is 1. The lowest BCUT2D eigenvalue weighted by atomic mass is 9.99. The van der Waals surface area contributed by atoms with Gasteiger partial charge in [0.2, 0.25) is 5.91 Å². The molecule has 23 heavy (non-hydrogen) atoms. The number of aliphatic carboxylic acids is 1. The molecule has 1 atom stereocenters. The van der Waals surface area contributed by atoms with Crippen molar-refractivity contribution in [2.24, 2.45) is 11.8 Å². The zero-order valence-electron chi connectivity index (χ0n) is 13.6. The summed E-state index contributed by atoms with van der Waals surface area (Å²) >= 11 is 0. The van der Waals surface area contributed by atoms with Crippen molar-refractivity contribution >= 4 is 11.9 Å². The topological polar surface area (TPSA) is 75.6 Å². The number of ether oxygens (including phenoxy) is 1. The minimum atomic E-state index is -0.888. The van der Waals surface area contributed by atoms with Gasteiger partial charge in [-0.1, -0.05) is 25.0 Å². The standard InChI is InChI=1S/C18H25NO4/c1-2-23-16-8-5-14(6-9-16)11-15(18(21)22)12-19-17(20)10-7-13-3-4-13/h5-6,8-9,13,15H,2-4,7,10-12H2,1H3,(H,19,20)(H,21,22). The van der Waals surface area contributed by atoms with Crippen LogP contribution < -0.4 is 10.1 Å². The normalized spacial score (nSPS) is 15.0. The highest BCUT2D eigenvalue weighted by molar-refractivity contribution is 5.77. The minimum Gasteiger partial charge on any atom is -0.494 e. The van der Waals surface area contributed by atoms with E-state index in [9.17, 15) is 14.7 Å². The zero-order valence-corrected chi connectivity index (χ0v) is 13.6. The smallest absolute Gasteiger partial charge is 0.308 e. The molecule has 0 aromatic heterocycles. The molecule has 5 nitrogen and oxygen atoms in total. The second-order valence-electron chi connectivity index (χ2n) is 6.10. The molecule has 2 N–H and O–H groups in total. The fraction of sp³-hybridized carbons (Fsp3) is 0.556. The van der Waals surface area contributed by atoms with E-state index in [-0.39, 0.29) is 12.5 Å². The first-order valence-corrected chi connectivity index (χ1v) is 8.29. The summed E-state index contributed by atoms with van der Waals surface area (Å²) in [6.07, 6.45) is 4.26. The zero-order chi connectivity index (χ0) is 16.7. The molecule has 0 bridgehead atoms. The van der Waals surface area contributed by atoms with Crippen LogP contribution in [0.15, 0.2) is 24.3 Å². The van der Waals surface area contributed by atoms with Crippen LogP contribution in [0.3, 0.4) is 0 Å². The van der Waals surface area contributed by atoms with Crippen LogP contribution in [0.4, 0.5) is 0 Å². The first-order valence-electron chi connectivity index (χ1n) is 8.29. The lowest BCUT2D eigenvalue weighted by Crippen LogP contribution is -2.34. The van der Waals surface area contributed by atoms with Crippen LogP contribution in [-0.4, -0.2) is 30.1 Å². The molecule has 0 spiro atoms. The Kier molecular flexibility index (Phi) is 6.44. The number of rotatable bonds is 10. The van der Waals surface area contributed by atoms with Gasteiger partial charge in [0.15, 0.2) is 0 Å². The van der Waals surface area contributed by atoms with Crippen molar-refractivity contribution in [1.82, 2.24) is 5.32 Å². The SMILES string of the molecule is CCOc1ccc(CC(CNC(=O)CCC2CC2)C(=O)O)cc1. The van der Waals surface area contributed by atoms with E-state index in [4.69, 9.17) is 4.74 Å². The Morgan fingerprint density at radius 2 is 2.00 bits per heavy atom. The van der Waals surface area contributed by atoms with E-state index in [0.717, 1.165) is 17.7 Å². The molecule has 1 fully saturated rings. The quantitative estimate of drug-likeness (QED) is 0.695. The van der Waals surface area contributed by atoms with Crippen molar-refractivity contribution in [3.05, 3.63) is 29.8 Å². The Hall–Kier alpha value is -2.04. The van der Waals surface area contributed by atoms with E-state index < -0.39 is 11.9 Å². The molecule has 0 saturated heterocycles. The highest BCUT2D eigenvalue weighted by atomic mass is 16.5. The van der Waals surface area contributed by atoms with Crippen LogP contribution >= 0.6 is 0 Å². The maximum atomic E-state index is 11.8. The molecule has 126 valence electrons. The average molecular weight is 319 g/mol. The summed E-state index contributed by atoms with van der Waals surface area (Å²) in [5.74, 6) is -0.0644. The van der Waals surface area contributed by atoms with Crippen molar-refractivity contribution in [2.45, 2.75) is 39.0 Å². The Balaban J connectivity index is 1.80. The predicted octanol–water partition coefficient (Wildman–Crippen LogP) is 2.63. The van der Waals surface area contributed by atoms with Gasteiger partial charge in [-0.2, -0.15) is 0 Å². The van der Waals surface area contributed by atoms with Crippen molar-refractivity contribution in [3.8, 4) is 5.75 Å². The van der Waals surface area contributed by atoms with Crippen LogP contribution in [0, 0.1) is 11.8 Å². The van der Waals surface area contributed by atoms with E-state index >= 15 is 0 Å². The van der Waals surface area contributed by atoms with Crippen LogP contribution in [0.2, 0.25) is 0 Å². The number of carbonyl (C=O) groups is 2. The van der Waals surface area contributed by atoms with Gasteiger partial charge < -0.3 is 15.2 Å². The predicted molar refractivity (Wildman–Crippen MR) is 87.4 cm³/mol. The summed E-state index contributed by atoms with van der Waals surface area (Å²) in [5.41, 5.74) is 0.924. The van der Waals surface area contributed by atoms with Gasteiger partial charge in [-0.3, -0.25) is 9.59 Å². The Labute approximate surface area is 137 Å². The third-order valence-electron chi connectivity index (χ3n) is 4.09. The number of hydrogen-bond acceptors (Lipinski definition) is 3. The van der Waals surface area contributed by atoms with Crippen molar-refractivity contribution in [2.75, 3.05) is 13.2 Å². The van der Waals surface area contributed by atoms with Gasteiger partial charge in [0.25, 0.3) is 0 Å². The molecular weight excluding hydrogens is 294 g/mol. The molecule has 1 saturated carbocycles. The van der Waals surface area contributed by atoms with Gasteiger partial charge in [-0.05, 0) is 43.4 Å². The van der Waals surface area contributed by atoms with Gasteiger partial charge in [-0.25, -0.2) is 0 Å². The summed E-state index contributed by atoms with van der Waals surface area (Å²) < 4.78 is 5.37. The molecule has 0 heterocycles. The minimum absolute atomic E-state index is 0.0464. The largest absolute Gasteiger partial charge is 0.494 e. The van der Waals surface area contributed by atoms with Crippen LogP contribution in [0.5, 0.6) is 5.75 Å². The first kappa shape index (κ1) is 17.3. The fourth-order valence-corrected chi connectivity index (χ4v) is 2.49. The first-order chi connectivity index (χ1) is 11.1. The fourth-order valence-electron chi connectivity index (χ4n) is 2.49. The number of hydrogen-bond donors (Lipinski definition) is 2. The second kappa shape index (κ2) is 8.56. The molecule has 2 rings (SSSR count). The van der Waals surface area contributed by atoms with Gasteiger partial charge in [0.1, 0.15) is 5.75 Å². The second-order valence-corrected chi connectivity index (χ2v) is 6.10. The van der Waals surface area contributed by atoms with Crippen molar-refractivity contribution < 1.29 is 19.4 Å². The summed E-state index contributed by atoms with van der Waals surface area (Å²) in [5, 5.41) is 12.1. The number of carbonyl (C=O) groups excluding carboxylic acids is 1. The summed E-state index contributed by atoms with van der Waals surface area (Å²) in [6.45, 7) is 2.69. The van der Waals surface area contributed by atoms with E-state index in [2.05, 4.69) is 5.32 Å². The molecule has 5 heteroatoms. The molecule has 0 radical (unpaired) electrons. The third-order valence-corrected chi connectivity index (χ3v) is 4.09. The van der Waals surface area contributed by atoms with Gasteiger partial charge >= 0.3 is 5.97 Å². The lowest BCUT2D eigenvalue weighted by Gasteiger charge is -2.14. The van der Waals surface area contributed by atoms with Gasteiger partial charge in [0.05, 0.1) is 12.5 Å². The molecule has 1 aliphatic carbocycles. The summed E-state index contributed by atoms with van der Waals surface area (Å²) in [6, 6.07) is 7.42. The Morgan fingerprint density at radius 3 is 2.57 bits per heavy atom. The maximum absolute atomic E-state index is 11.8. The molecule has 1 aromatic rings. The van der Waals surface area contributed by atoms with Crippen LogP contribution in [0.1, 0.15) is 38.2 Å². The lowest BCUT2D eigenvalue weighted by molar-refractivity contribution is -0.141. The summed E-state index contributed by atoms with van der Waals surface area (Å²) in [4.78, 5) is 23.1. The maximum Gasteiger partial charge on any atom is 0.308 e. The van der Waals surface area contributed by atoms with Crippen molar-refractivity contribution in [1.29, 1.82) is 0 Å². The number of nitrogens with one attached hydrogen (secondary N) is 1. The number of benzene rings is 1. The molecule has 1 unspecified atom stereocenters. The summed E-state index contributed by atoms with van der Waals surface area (Å²) in [7, 11) is 0. The molecule has 1 aromatic carbocycles. The Morgan fingerprint density at radius 1 is 1.30 bits per heavy atom. The van der Waals surface area contributed by atoms with E-state index in [1.54, 1.807) is 0 Å². The molecule has 0 aliphatic heterocycles. The van der Waals surface area contributed by atoms with Crippen molar-refractivity contribution in [3.63, 3.8) is 0 Å². The van der Waals surface area contributed by atoms with Gasteiger partial charge in [-0.15, -0.1) is 0 Å².